The van der Waals surface area contributed by atoms with Gasteiger partial charge in [0.05, 0.1) is 19.5 Å². The normalized spacial score (nSPS) is 11.0. The second kappa shape index (κ2) is 6.18. The summed E-state index contributed by atoms with van der Waals surface area (Å²) in [4.78, 5) is 0. The molecule has 0 saturated heterocycles. The molecule has 3 aromatic rings. The zero-order valence-electron chi connectivity index (χ0n) is 12.3. The van der Waals surface area contributed by atoms with Gasteiger partial charge in [-0.15, -0.1) is 5.10 Å². The van der Waals surface area contributed by atoms with Gasteiger partial charge in [0.25, 0.3) is 0 Å². The topological polar surface area (TPSA) is 99.9 Å². The first kappa shape index (κ1) is 14.6. The Morgan fingerprint density at radius 3 is 2.87 bits per heavy atom. The van der Waals surface area contributed by atoms with E-state index in [-0.39, 0.29) is 17.2 Å². The van der Waals surface area contributed by atoms with Crippen LogP contribution >= 0.6 is 0 Å². The molecule has 116 valence electrons. The molecule has 2 aromatic carbocycles. The van der Waals surface area contributed by atoms with Crippen molar-refractivity contribution in [2.24, 2.45) is 5.10 Å². The lowest BCUT2D eigenvalue weighted by Crippen LogP contribution is -1.96. The van der Waals surface area contributed by atoms with Crippen molar-refractivity contribution in [3.63, 3.8) is 0 Å². The van der Waals surface area contributed by atoms with E-state index in [9.17, 15) is 10.2 Å². The van der Waals surface area contributed by atoms with Crippen LogP contribution in [0.15, 0.2) is 47.7 Å². The maximum absolute atomic E-state index is 9.64. The molecule has 0 aliphatic rings. The number of rotatable bonds is 4. The van der Waals surface area contributed by atoms with E-state index in [0.717, 1.165) is 10.8 Å². The second-order valence-electron chi connectivity index (χ2n) is 4.74. The van der Waals surface area contributed by atoms with Gasteiger partial charge in [0.1, 0.15) is 0 Å². The summed E-state index contributed by atoms with van der Waals surface area (Å²) < 4.78 is 4.97. The summed E-state index contributed by atoms with van der Waals surface area (Å²) >= 11 is 0. The number of hydrazone groups is 1. The number of anilines is 1. The number of methoxy groups -OCH3 is 1. The summed E-state index contributed by atoms with van der Waals surface area (Å²) in [6, 6.07) is 10.6. The van der Waals surface area contributed by atoms with Crippen molar-refractivity contribution in [3.05, 3.63) is 48.2 Å². The predicted molar refractivity (Wildman–Crippen MR) is 87.1 cm³/mol. The van der Waals surface area contributed by atoms with Crippen LogP contribution in [0.25, 0.3) is 10.8 Å². The lowest BCUT2D eigenvalue weighted by Gasteiger charge is -2.06. The maximum atomic E-state index is 9.64. The number of ether oxygens (including phenoxy) is 1. The fraction of sp³-hybridized carbons (Fsp3) is 0.0625. The molecule has 0 amide bonds. The molecular formula is C16H14N4O3. The quantitative estimate of drug-likeness (QED) is 0.389. The fourth-order valence-corrected chi connectivity index (χ4v) is 2.12. The monoisotopic (exact) mass is 310 g/mol. The molecule has 0 aliphatic carbocycles. The third-order valence-corrected chi connectivity index (χ3v) is 3.25. The first-order valence-electron chi connectivity index (χ1n) is 6.78. The summed E-state index contributed by atoms with van der Waals surface area (Å²) in [7, 11) is 1.40. The molecule has 1 aromatic heterocycles. The molecule has 7 heteroatoms. The molecule has 0 bridgehead atoms. The molecule has 0 fully saturated rings. The van der Waals surface area contributed by atoms with Crippen LogP contribution in [0, 0.1) is 0 Å². The molecule has 0 spiro atoms. The Morgan fingerprint density at radius 2 is 2.04 bits per heavy atom. The van der Waals surface area contributed by atoms with Crippen molar-refractivity contribution in [1.82, 2.24) is 10.2 Å². The number of phenolic OH excluding ortho intramolecular Hbond substituents is 2. The molecule has 0 saturated carbocycles. The number of phenols is 2. The molecule has 0 atom stereocenters. The van der Waals surface area contributed by atoms with Gasteiger partial charge in [0.15, 0.2) is 17.3 Å². The largest absolute Gasteiger partial charge is 0.504 e. The summed E-state index contributed by atoms with van der Waals surface area (Å²) in [5.41, 5.74) is 3.37. The summed E-state index contributed by atoms with van der Waals surface area (Å²) in [5.74, 6) is 0.0963. The third-order valence-electron chi connectivity index (χ3n) is 3.25. The van der Waals surface area contributed by atoms with E-state index in [0.29, 0.717) is 11.4 Å². The van der Waals surface area contributed by atoms with E-state index >= 15 is 0 Å². The zero-order valence-corrected chi connectivity index (χ0v) is 12.3. The van der Waals surface area contributed by atoms with Gasteiger partial charge < -0.3 is 14.9 Å². The minimum Gasteiger partial charge on any atom is -0.504 e. The van der Waals surface area contributed by atoms with Crippen LogP contribution in [-0.2, 0) is 0 Å². The van der Waals surface area contributed by atoms with Gasteiger partial charge in [-0.2, -0.15) is 10.2 Å². The Labute approximate surface area is 131 Å². The number of nitrogens with one attached hydrogen (secondary N) is 1. The Bertz CT molecular complexity index is 875. The van der Waals surface area contributed by atoms with E-state index in [1.807, 2.05) is 24.3 Å². The number of aromatic nitrogens is 2. The van der Waals surface area contributed by atoms with Gasteiger partial charge in [0.2, 0.25) is 5.75 Å². The Morgan fingerprint density at radius 1 is 1.22 bits per heavy atom. The summed E-state index contributed by atoms with van der Waals surface area (Å²) in [5, 5.41) is 33.1. The zero-order chi connectivity index (χ0) is 16.2. The summed E-state index contributed by atoms with van der Waals surface area (Å²) in [6.45, 7) is 0. The molecule has 1 heterocycles. The van der Waals surface area contributed by atoms with Crippen molar-refractivity contribution in [1.29, 1.82) is 0 Å². The minimum atomic E-state index is -0.308. The lowest BCUT2D eigenvalue weighted by molar-refractivity contribution is 0.351. The van der Waals surface area contributed by atoms with Gasteiger partial charge in [-0.1, -0.05) is 24.3 Å². The van der Waals surface area contributed by atoms with Crippen LogP contribution in [0.1, 0.15) is 5.56 Å². The lowest BCUT2D eigenvalue weighted by atomic mass is 10.2. The number of hydrogen-bond acceptors (Lipinski definition) is 7. The number of benzene rings is 2. The Balaban J connectivity index is 1.85. The molecule has 0 unspecified atom stereocenters. The van der Waals surface area contributed by atoms with Gasteiger partial charge in [-0.05, 0) is 12.1 Å². The molecule has 3 rings (SSSR count). The number of fused-ring (bicyclic) bond motifs is 1. The molecule has 23 heavy (non-hydrogen) atoms. The highest BCUT2D eigenvalue weighted by atomic mass is 16.5. The molecule has 0 radical (unpaired) electrons. The number of hydrogen-bond donors (Lipinski definition) is 3. The van der Waals surface area contributed by atoms with E-state index in [1.54, 1.807) is 12.3 Å². The Hall–Kier alpha value is -3.35. The highest BCUT2D eigenvalue weighted by molar-refractivity contribution is 5.91. The third kappa shape index (κ3) is 2.98. The molecule has 7 nitrogen and oxygen atoms in total. The highest BCUT2D eigenvalue weighted by Gasteiger charge is 2.08. The average Bonchev–Trinajstić information content (AvgIpc) is 2.58. The van der Waals surface area contributed by atoms with Gasteiger partial charge >= 0.3 is 0 Å². The molecular weight excluding hydrogens is 296 g/mol. The van der Waals surface area contributed by atoms with Gasteiger partial charge in [-0.3, -0.25) is 5.43 Å². The first-order valence-corrected chi connectivity index (χ1v) is 6.78. The smallest absolute Gasteiger partial charge is 0.200 e. The predicted octanol–water partition coefficient (Wildman–Crippen LogP) is 2.50. The average molecular weight is 310 g/mol. The van der Waals surface area contributed by atoms with Gasteiger partial charge in [-0.25, -0.2) is 0 Å². The van der Waals surface area contributed by atoms with Crippen molar-refractivity contribution >= 4 is 22.8 Å². The fourth-order valence-electron chi connectivity index (χ4n) is 2.12. The van der Waals surface area contributed by atoms with Crippen LogP contribution in [0.2, 0.25) is 0 Å². The van der Waals surface area contributed by atoms with Crippen molar-refractivity contribution in [3.8, 4) is 17.2 Å². The molecule has 3 N–H and O–H groups in total. The van der Waals surface area contributed by atoms with E-state index in [1.165, 1.54) is 19.4 Å². The molecule has 0 aliphatic heterocycles. The van der Waals surface area contributed by atoms with Crippen molar-refractivity contribution in [2.75, 3.05) is 12.5 Å². The maximum Gasteiger partial charge on any atom is 0.200 e. The van der Waals surface area contributed by atoms with E-state index < -0.39 is 0 Å². The van der Waals surface area contributed by atoms with Crippen LogP contribution < -0.4 is 10.2 Å². The van der Waals surface area contributed by atoms with E-state index in [4.69, 9.17) is 4.74 Å². The first-order chi connectivity index (χ1) is 11.2. The Kier molecular flexibility index (Phi) is 3.92. The van der Waals surface area contributed by atoms with Crippen molar-refractivity contribution < 1.29 is 14.9 Å². The highest BCUT2D eigenvalue weighted by Crippen LogP contribution is 2.35. The summed E-state index contributed by atoms with van der Waals surface area (Å²) in [6.07, 6.45) is 3.15. The van der Waals surface area contributed by atoms with Crippen molar-refractivity contribution in [2.45, 2.75) is 0 Å². The van der Waals surface area contributed by atoms with E-state index in [2.05, 4.69) is 20.7 Å². The van der Waals surface area contributed by atoms with Crippen LogP contribution in [-0.4, -0.2) is 33.7 Å². The SMILES string of the molecule is COc1cc(/C=N/Nc2nncc3ccccc23)cc(O)c1O. The number of aromatic hydroxyl groups is 2. The van der Waals surface area contributed by atoms with Crippen LogP contribution in [0.4, 0.5) is 5.82 Å². The van der Waals surface area contributed by atoms with Crippen LogP contribution in [0.3, 0.4) is 0 Å². The number of nitrogens with zero attached hydrogens (tertiary/aromatic N) is 3. The second-order valence-corrected chi connectivity index (χ2v) is 4.74. The van der Waals surface area contributed by atoms with Gasteiger partial charge in [0, 0.05) is 16.3 Å². The minimum absolute atomic E-state index is 0.163. The standard InChI is InChI=1S/C16H14N4O3/c1-23-14-7-10(6-13(21)15(14)22)8-17-19-16-12-5-3-2-4-11(12)9-18-20-16/h2-9,21-22H,1H3,(H,19,20)/b17-8+. The van der Waals surface area contributed by atoms with Crippen LogP contribution in [0.5, 0.6) is 17.2 Å².